The zero-order chi connectivity index (χ0) is 19.7. The maximum Gasteiger partial charge on any atom is 0.253 e. The number of hydrogen-bond donors (Lipinski definition) is 1. The molecule has 1 N–H and O–H groups in total. The van der Waals surface area contributed by atoms with Crippen LogP contribution in [0, 0.1) is 0 Å². The third-order valence-corrected chi connectivity index (χ3v) is 7.55. The fourth-order valence-electron chi connectivity index (χ4n) is 4.39. The van der Waals surface area contributed by atoms with Gasteiger partial charge in [0.05, 0.1) is 4.87 Å². The predicted molar refractivity (Wildman–Crippen MR) is 110 cm³/mol. The van der Waals surface area contributed by atoms with E-state index < -0.39 is 6.04 Å². The molecule has 1 aromatic rings. The van der Waals surface area contributed by atoms with Crippen molar-refractivity contribution in [3.63, 3.8) is 0 Å². The molecule has 1 aromatic carbocycles. The minimum Gasteiger partial charge on any atom is -0.339 e. The molecular formula is C21H27N3O3S. The van der Waals surface area contributed by atoms with E-state index in [4.69, 9.17) is 0 Å². The van der Waals surface area contributed by atoms with Crippen LogP contribution in [-0.2, 0) is 9.59 Å². The Morgan fingerprint density at radius 2 is 1.79 bits per heavy atom. The third kappa shape index (κ3) is 3.64. The average Bonchev–Trinajstić information content (AvgIpc) is 3.03. The maximum atomic E-state index is 12.8. The largest absolute Gasteiger partial charge is 0.339 e. The van der Waals surface area contributed by atoms with E-state index in [9.17, 15) is 14.4 Å². The van der Waals surface area contributed by atoms with E-state index in [0.717, 1.165) is 32.4 Å². The normalized spacial score (nSPS) is 27.5. The molecular weight excluding hydrogens is 374 g/mol. The molecule has 2 atom stereocenters. The Hall–Kier alpha value is -2.02. The van der Waals surface area contributed by atoms with E-state index in [-0.39, 0.29) is 22.6 Å². The van der Waals surface area contributed by atoms with Crippen LogP contribution in [0.25, 0.3) is 0 Å². The van der Waals surface area contributed by atoms with Gasteiger partial charge in [0.2, 0.25) is 11.8 Å². The SMILES string of the molecule is C[C@@]12CCC(=O)N1[C@@H](C(=O)Nc1ccc(C(=O)N3CCCCCC3)cc1)CS2. The molecule has 150 valence electrons. The molecule has 6 nitrogen and oxygen atoms in total. The first-order valence-corrected chi connectivity index (χ1v) is 11.1. The second kappa shape index (κ2) is 7.78. The smallest absolute Gasteiger partial charge is 0.253 e. The maximum absolute atomic E-state index is 12.8. The molecule has 0 unspecified atom stereocenters. The minimum absolute atomic E-state index is 0.0606. The summed E-state index contributed by atoms with van der Waals surface area (Å²) >= 11 is 1.68. The number of anilines is 1. The fourth-order valence-corrected chi connectivity index (χ4v) is 5.82. The molecule has 3 fully saturated rings. The zero-order valence-corrected chi connectivity index (χ0v) is 17.1. The number of carbonyl (C=O) groups is 3. The highest BCUT2D eigenvalue weighted by atomic mass is 32.2. The third-order valence-electron chi connectivity index (χ3n) is 6.04. The number of benzene rings is 1. The van der Waals surface area contributed by atoms with E-state index in [2.05, 4.69) is 5.32 Å². The molecule has 0 bridgehead atoms. The Morgan fingerprint density at radius 1 is 1.11 bits per heavy atom. The van der Waals surface area contributed by atoms with Gasteiger partial charge < -0.3 is 15.1 Å². The number of carbonyl (C=O) groups excluding carboxylic acids is 3. The van der Waals surface area contributed by atoms with Crippen molar-refractivity contribution >= 4 is 35.2 Å². The zero-order valence-electron chi connectivity index (χ0n) is 16.3. The summed E-state index contributed by atoms with van der Waals surface area (Å²) in [6.45, 7) is 3.68. The summed E-state index contributed by atoms with van der Waals surface area (Å²) in [4.78, 5) is 41.1. The van der Waals surface area contributed by atoms with Gasteiger partial charge in [0.25, 0.3) is 5.91 Å². The number of amides is 3. The molecule has 3 aliphatic heterocycles. The van der Waals surface area contributed by atoms with E-state index in [0.29, 0.717) is 23.4 Å². The van der Waals surface area contributed by atoms with Crippen LogP contribution in [0.2, 0.25) is 0 Å². The first-order chi connectivity index (χ1) is 13.5. The number of hydrogen-bond acceptors (Lipinski definition) is 4. The lowest BCUT2D eigenvalue weighted by atomic mass is 10.1. The lowest BCUT2D eigenvalue weighted by Gasteiger charge is -2.29. The van der Waals surface area contributed by atoms with E-state index in [1.54, 1.807) is 40.9 Å². The first-order valence-electron chi connectivity index (χ1n) is 10.1. The van der Waals surface area contributed by atoms with Crippen LogP contribution in [0.15, 0.2) is 24.3 Å². The summed E-state index contributed by atoms with van der Waals surface area (Å²) in [5, 5.41) is 2.92. The van der Waals surface area contributed by atoms with Crippen LogP contribution in [0.1, 0.15) is 55.8 Å². The molecule has 0 spiro atoms. The molecule has 0 aromatic heterocycles. The second-order valence-corrected chi connectivity index (χ2v) is 9.54. The molecule has 4 rings (SSSR count). The van der Waals surface area contributed by atoms with Gasteiger partial charge in [0, 0.05) is 36.5 Å². The average molecular weight is 402 g/mol. The summed E-state index contributed by atoms with van der Waals surface area (Å²) in [7, 11) is 0. The van der Waals surface area contributed by atoms with Crippen molar-refractivity contribution in [2.75, 3.05) is 24.2 Å². The van der Waals surface area contributed by atoms with Crippen LogP contribution < -0.4 is 5.32 Å². The number of nitrogens with one attached hydrogen (secondary N) is 1. The number of fused-ring (bicyclic) bond motifs is 1. The Bertz CT molecular complexity index is 774. The van der Waals surface area contributed by atoms with Crippen molar-refractivity contribution in [2.24, 2.45) is 0 Å². The van der Waals surface area contributed by atoms with Crippen molar-refractivity contribution in [3.05, 3.63) is 29.8 Å². The van der Waals surface area contributed by atoms with Gasteiger partial charge in [-0.25, -0.2) is 0 Å². The molecule has 7 heteroatoms. The number of likely N-dealkylation sites (tertiary alicyclic amines) is 1. The van der Waals surface area contributed by atoms with Gasteiger partial charge in [-0.05, 0) is 50.5 Å². The summed E-state index contributed by atoms with van der Waals surface area (Å²) in [6, 6.07) is 6.67. The van der Waals surface area contributed by atoms with Gasteiger partial charge in [-0.1, -0.05) is 12.8 Å². The second-order valence-electron chi connectivity index (χ2n) is 8.04. The van der Waals surface area contributed by atoms with Crippen molar-refractivity contribution in [1.82, 2.24) is 9.80 Å². The Balaban J connectivity index is 1.40. The van der Waals surface area contributed by atoms with Gasteiger partial charge in [-0.2, -0.15) is 0 Å². The predicted octanol–water partition coefficient (Wildman–Crippen LogP) is 3.10. The summed E-state index contributed by atoms with van der Waals surface area (Å²) in [5.41, 5.74) is 1.31. The van der Waals surface area contributed by atoms with Crippen LogP contribution >= 0.6 is 11.8 Å². The Morgan fingerprint density at radius 3 is 2.46 bits per heavy atom. The highest BCUT2D eigenvalue weighted by Crippen LogP contribution is 2.47. The van der Waals surface area contributed by atoms with Crippen molar-refractivity contribution in [2.45, 2.75) is 56.4 Å². The van der Waals surface area contributed by atoms with Crippen molar-refractivity contribution in [3.8, 4) is 0 Å². The van der Waals surface area contributed by atoms with Gasteiger partial charge in [0.15, 0.2) is 0 Å². The Kier molecular flexibility index (Phi) is 5.36. The number of nitrogens with zero attached hydrogens (tertiary/aromatic N) is 2. The topological polar surface area (TPSA) is 69.7 Å². The first kappa shape index (κ1) is 19.3. The minimum atomic E-state index is -0.427. The monoisotopic (exact) mass is 401 g/mol. The lowest BCUT2D eigenvalue weighted by molar-refractivity contribution is -0.135. The molecule has 28 heavy (non-hydrogen) atoms. The van der Waals surface area contributed by atoms with Crippen molar-refractivity contribution < 1.29 is 14.4 Å². The van der Waals surface area contributed by atoms with Crippen LogP contribution in [0.4, 0.5) is 5.69 Å². The van der Waals surface area contributed by atoms with Crippen molar-refractivity contribution in [1.29, 1.82) is 0 Å². The van der Waals surface area contributed by atoms with Gasteiger partial charge in [-0.15, -0.1) is 11.8 Å². The Labute approximate surface area is 170 Å². The number of thioether (sulfide) groups is 1. The molecule has 0 radical (unpaired) electrons. The van der Waals surface area contributed by atoms with Crippen LogP contribution in [-0.4, -0.2) is 57.3 Å². The van der Waals surface area contributed by atoms with Gasteiger partial charge in [-0.3, -0.25) is 14.4 Å². The molecule has 3 aliphatic rings. The van der Waals surface area contributed by atoms with E-state index in [1.807, 2.05) is 11.8 Å². The lowest BCUT2D eigenvalue weighted by Crippen LogP contribution is -2.48. The molecule has 3 heterocycles. The summed E-state index contributed by atoms with van der Waals surface area (Å²) < 4.78 is 0. The number of rotatable bonds is 3. The van der Waals surface area contributed by atoms with Crippen LogP contribution in [0.5, 0.6) is 0 Å². The van der Waals surface area contributed by atoms with Gasteiger partial charge in [0.1, 0.15) is 6.04 Å². The van der Waals surface area contributed by atoms with E-state index in [1.165, 1.54) is 12.8 Å². The quantitative estimate of drug-likeness (QED) is 0.845. The molecule has 3 amide bonds. The highest BCUT2D eigenvalue weighted by Gasteiger charge is 2.52. The summed E-state index contributed by atoms with van der Waals surface area (Å²) in [5.74, 6) is 0.592. The summed E-state index contributed by atoms with van der Waals surface area (Å²) in [6.07, 6.45) is 5.81. The molecule has 0 aliphatic carbocycles. The highest BCUT2D eigenvalue weighted by molar-refractivity contribution is 8.01. The standard InChI is InChI=1S/C21H27N3O3S/c1-21-11-10-18(25)24(21)17(14-28-21)19(26)22-16-8-6-15(7-9-16)20(27)23-12-4-2-3-5-13-23/h6-9,17H,2-5,10-14H2,1H3,(H,22,26)/t17-,21-/m1/s1. The van der Waals surface area contributed by atoms with Crippen LogP contribution in [0.3, 0.4) is 0 Å². The fraction of sp³-hybridized carbons (Fsp3) is 0.571. The molecule has 0 saturated carbocycles. The van der Waals surface area contributed by atoms with E-state index >= 15 is 0 Å². The van der Waals surface area contributed by atoms with Gasteiger partial charge >= 0.3 is 0 Å². The molecule has 3 saturated heterocycles.